The van der Waals surface area contributed by atoms with Gasteiger partial charge < -0.3 is 5.32 Å². The number of hydrogen-bond donors (Lipinski definition) is 1. The van der Waals surface area contributed by atoms with Crippen molar-refractivity contribution in [2.24, 2.45) is 5.92 Å². The van der Waals surface area contributed by atoms with Crippen LogP contribution >= 0.6 is 0 Å². The van der Waals surface area contributed by atoms with E-state index in [1.165, 1.54) is 0 Å². The van der Waals surface area contributed by atoms with Gasteiger partial charge >= 0.3 is 0 Å². The molecule has 16 heavy (non-hydrogen) atoms. The first kappa shape index (κ1) is 12.8. The Balaban J connectivity index is 2.92. The Hall–Kier alpha value is -1.31. The van der Waals surface area contributed by atoms with Crippen molar-refractivity contribution < 1.29 is 4.79 Å². The Kier molecular flexibility index (Phi) is 5.03. The number of hydrogen-bond acceptors (Lipinski definition) is 1. The van der Waals surface area contributed by atoms with Crippen molar-refractivity contribution in [3.63, 3.8) is 0 Å². The number of benzene rings is 1. The molecule has 0 aliphatic rings. The van der Waals surface area contributed by atoms with E-state index in [1.807, 2.05) is 37.3 Å². The van der Waals surface area contributed by atoms with Crippen LogP contribution in [0.2, 0.25) is 0 Å². The molecule has 0 heterocycles. The first-order valence-corrected chi connectivity index (χ1v) is 6.03. The van der Waals surface area contributed by atoms with Crippen molar-refractivity contribution in [3.8, 4) is 0 Å². The maximum Gasteiger partial charge on any atom is 0.227 e. The van der Waals surface area contributed by atoms with Crippen molar-refractivity contribution in [2.45, 2.75) is 33.1 Å². The van der Waals surface area contributed by atoms with E-state index >= 15 is 0 Å². The maximum atomic E-state index is 12.0. The van der Waals surface area contributed by atoms with Gasteiger partial charge in [-0.3, -0.25) is 4.79 Å². The number of nitrogens with one attached hydrogen (secondary N) is 1. The van der Waals surface area contributed by atoms with Crippen LogP contribution in [-0.2, 0) is 4.79 Å². The molecule has 0 fully saturated rings. The van der Waals surface area contributed by atoms with Gasteiger partial charge in [0.15, 0.2) is 0 Å². The summed E-state index contributed by atoms with van der Waals surface area (Å²) in [6, 6.07) is 10.0. The smallest absolute Gasteiger partial charge is 0.227 e. The van der Waals surface area contributed by atoms with E-state index in [2.05, 4.69) is 19.2 Å². The predicted molar refractivity (Wildman–Crippen MR) is 67.3 cm³/mol. The van der Waals surface area contributed by atoms with Gasteiger partial charge in [-0.05, 0) is 18.4 Å². The molecule has 88 valence electrons. The Morgan fingerprint density at radius 1 is 1.25 bits per heavy atom. The second-order valence-electron chi connectivity index (χ2n) is 4.17. The van der Waals surface area contributed by atoms with Crippen molar-refractivity contribution in [1.29, 1.82) is 0 Å². The summed E-state index contributed by atoms with van der Waals surface area (Å²) in [5.41, 5.74) is 1.11. The van der Waals surface area contributed by atoms with Gasteiger partial charge in [0.1, 0.15) is 0 Å². The first-order valence-electron chi connectivity index (χ1n) is 6.03. The van der Waals surface area contributed by atoms with Crippen LogP contribution in [0.3, 0.4) is 0 Å². The largest absolute Gasteiger partial charge is 0.356 e. The van der Waals surface area contributed by atoms with E-state index in [-0.39, 0.29) is 11.8 Å². The quantitative estimate of drug-likeness (QED) is 0.810. The van der Waals surface area contributed by atoms with Crippen LogP contribution in [0, 0.1) is 5.92 Å². The standard InChI is InChI=1S/C14H21NO/c1-4-11(3)13(14(16)15-5-2)12-9-7-6-8-10-12/h6-11,13H,4-5H2,1-3H3,(H,15,16). The molecule has 0 saturated carbocycles. The third kappa shape index (κ3) is 3.09. The topological polar surface area (TPSA) is 29.1 Å². The third-order valence-electron chi connectivity index (χ3n) is 3.01. The molecule has 0 bridgehead atoms. The highest BCUT2D eigenvalue weighted by Gasteiger charge is 2.24. The summed E-state index contributed by atoms with van der Waals surface area (Å²) in [6.07, 6.45) is 1.01. The van der Waals surface area contributed by atoms with Crippen LogP contribution in [0.4, 0.5) is 0 Å². The van der Waals surface area contributed by atoms with E-state index in [4.69, 9.17) is 0 Å². The summed E-state index contributed by atoms with van der Waals surface area (Å²) in [5.74, 6) is 0.489. The molecular weight excluding hydrogens is 198 g/mol. The molecule has 1 rings (SSSR count). The molecule has 2 heteroatoms. The molecular formula is C14H21NO. The van der Waals surface area contributed by atoms with Gasteiger partial charge in [-0.25, -0.2) is 0 Å². The fraction of sp³-hybridized carbons (Fsp3) is 0.500. The Labute approximate surface area is 98.1 Å². The Morgan fingerprint density at radius 2 is 1.88 bits per heavy atom. The highest BCUT2D eigenvalue weighted by atomic mass is 16.1. The maximum absolute atomic E-state index is 12.0. The molecule has 1 N–H and O–H groups in total. The predicted octanol–water partition coefficient (Wildman–Crippen LogP) is 2.95. The molecule has 0 radical (unpaired) electrons. The second-order valence-corrected chi connectivity index (χ2v) is 4.17. The molecule has 1 aromatic carbocycles. The summed E-state index contributed by atoms with van der Waals surface area (Å²) in [5, 5.41) is 2.92. The molecule has 0 aliphatic heterocycles. The first-order chi connectivity index (χ1) is 7.70. The Bertz CT molecular complexity index is 321. The number of amides is 1. The van der Waals surface area contributed by atoms with Gasteiger partial charge in [0, 0.05) is 6.54 Å². The van der Waals surface area contributed by atoms with E-state index < -0.39 is 0 Å². The van der Waals surface area contributed by atoms with Gasteiger partial charge in [-0.15, -0.1) is 0 Å². The monoisotopic (exact) mass is 219 g/mol. The van der Waals surface area contributed by atoms with Crippen LogP contribution in [-0.4, -0.2) is 12.5 Å². The van der Waals surface area contributed by atoms with E-state index in [9.17, 15) is 4.79 Å². The SMILES string of the molecule is CCNC(=O)C(c1ccccc1)C(C)CC. The molecule has 1 amide bonds. The fourth-order valence-electron chi connectivity index (χ4n) is 1.92. The minimum absolute atomic E-state index is 0.0221. The minimum Gasteiger partial charge on any atom is -0.356 e. The Morgan fingerprint density at radius 3 is 2.38 bits per heavy atom. The number of likely N-dealkylation sites (N-methyl/N-ethyl adjacent to an activating group) is 1. The van der Waals surface area contributed by atoms with Crippen molar-refractivity contribution in [3.05, 3.63) is 35.9 Å². The molecule has 2 unspecified atom stereocenters. The number of carbonyl (C=O) groups is 1. The molecule has 0 saturated heterocycles. The van der Waals surface area contributed by atoms with Gasteiger partial charge in [0.25, 0.3) is 0 Å². The van der Waals surface area contributed by atoms with E-state index in [1.54, 1.807) is 0 Å². The molecule has 0 aromatic heterocycles. The summed E-state index contributed by atoms with van der Waals surface area (Å²) in [4.78, 5) is 12.0. The molecule has 2 atom stereocenters. The highest BCUT2D eigenvalue weighted by Crippen LogP contribution is 2.26. The lowest BCUT2D eigenvalue weighted by atomic mass is 9.85. The summed E-state index contributed by atoms with van der Waals surface area (Å²) in [7, 11) is 0. The van der Waals surface area contributed by atoms with Crippen molar-refractivity contribution >= 4 is 5.91 Å². The van der Waals surface area contributed by atoms with Crippen LogP contribution in [0.15, 0.2) is 30.3 Å². The van der Waals surface area contributed by atoms with Gasteiger partial charge in [-0.1, -0.05) is 50.6 Å². The van der Waals surface area contributed by atoms with Crippen LogP contribution in [0.5, 0.6) is 0 Å². The fourth-order valence-corrected chi connectivity index (χ4v) is 1.92. The minimum atomic E-state index is -0.0221. The molecule has 0 spiro atoms. The lowest BCUT2D eigenvalue weighted by Gasteiger charge is -2.22. The summed E-state index contributed by atoms with van der Waals surface area (Å²) < 4.78 is 0. The van der Waals surface area contributed by atoms with E-state index in [0.717, 1.165) is 12.0 Å². The number of rotatable bonds is 5. The summed E-state index contributed by atoms with van der Waals surface area (Å²) >= 11 is 0. The zero-order chi connectivity index (χ0) is 12.0. The van der Waals surface area contributed by atoms with Crippen LogP contribution in [0.25, 0.3) is 0 Å². The average molecular weight is 219 g/mol. The zero-order valence-electron chi connectivity index (χ0n) is 10.4. The van der Waals surface area contributed by atoms with Gasteiger partial charge in [-0.2, -0.15) is 0 Å². The third-order valence-corrected chi connectivity index (χ3v) is 3.01. The molecule has 2 nitrogen and oxygen atoms in total. The lowest BCUT2D eigenvalue weighted by Crippen LogP contribution is -2.32. The van der Waals surface area contributed by atoms with Crippen molar-refractivity contribution in [1.82, 2.24) is 5.32 Å². The highest BCUT2D eigenvalue weighted by molar-refractivity contribution is 5.83. The second kappa shape index (κ2) is 6.31. The van der Waals surface area contributed by atoms with Crippen molar-refractivity contribution in [2.75, 3.05) is 6.54 Å². The van der Waals surface area contributed by atoms with Gasteiger partial charge in [0.05, 0.1) is 5.92 Å². The molecule has 1 aromatic rings. The van der Waals surface area contributed by atoms with E-state index in [0.29, 0.717) is 12.5 Å². The lowest BCUT2D eigenvalue weighted by molar-refractivity contribution is -0.123. The summed E-state index contributed by atoms with van der Waals surface area (Å²) in [6.45, 7) is 6.90. The zero-order valence-corrected chi connectivity index (χ0v) is 10.4. The average Bonchev–Trinajstić information content (AvgIpc) is 2.31. The molecule has 0 aliphatic carbocycles. The van der Waals surface area contributed by atoms with Crippen LogP contribution < -0.4 is 5.32 Å². The van der Waals surface area contributed by atoms with Crippen LogP contribution in [0.1, 0.15) is 38.7 Å². The normalized spacial score (nSPS) is 14.2. The van der Waals surface area contributed by atoms with Gasteiger partial charge in [0.2, 0.25) is 5.91 Å². The number of carbonyl (C=O) groups excluding carboxylic acids is 1.